The predicted octanol–water partition coefficient (Wildman–Crippen LogP) is 2.16. The molecule has 0 unspecified atom stereocenters. The Hall–Kier alpha value is -1.20. The van der Waals surface area contributed by atoms with Crippen molar-refractivity contribution >= 4 is 5.69 Å². The van der Waals surface area contributed by atoms with E-state index in [1.54, 1.807) is 19.1 Å². The van der Waals surface area contributed by atoms with Gasteiger partial charge in [0.2, 0.25) is 0 Å². The largest absolute Gasteiger partial charge is 0.383 e. The molecule has 0 radical (unpaired) electrons. The van der Waals surface area contributed by atoms with E-state index in [2.05, 4.69) is 5.32 Å². The fourth-order valence-corrected chi connectivity index (χ4v) is 1.65. The maximum absolute atomic E-state index is 13.8. The normalized spacial score (nSPS) is 10.7. The Balaban J connectivity index is 2.73. The van der Waals surface area contributed by atoms with Crippen molar-refractivity contribution < 1.29 is 13.5 Å². The van der Waals surface area contributed by atoms with E-state index in [-0.39, 0.29) is 5.69 Å². The summed E-state index contributed by atoms with van der Waals surface area (Å²) >= 11 is 0. The molecule has 0 aromatic heterocycles. The topological polar surface area (TPSA) is 24.5 Å². The maximum Gasteiger partial charge on any atom is 0.149 e. The molecule has 0 heterocycles. The molecule has 0 aliphatic heterocycles. The van der Waals surface area contributed by atoms with Crippen LogP contribution in [0.2, 0.25) is 0 Å². The number of rotatable bonds is 7. The van der Waals surface area contributed by atoms with Gasteiger partial charge in [0.25, 0.3) is 0 Å². The molecule has 102 valence electrons. The lowest BCUT2D eigenvalue weighted by Gasteiger charge is -2.19. The molecule has 0 atom stereocenters. The molecule has 5 heteroatoms. The standard InChI is InChI=1S/C13H20F2N2O/c1-4-17(2)13-11(14)7-10(8-12(13)15)9-16-5-6-18-3/h7-8,16H,4-6,9H2,1-3H3. The summed E-state index contributed by atoms with van der Waals surface area (Å²) in [5, 5.41) is 3.05. The second-order valence-electron chi connectivity index (χ2n) is 4.09. The lowest BCUT2D eigenvalue weighted by Crippen LogP contribution is -2.21. The second kappa shape index (κ2) is 7.28. The Bertz CT molecular complexity index is 362. The molecular formula is C13H20F2N2O. The lowest BCUT2D eigenvalue weighted by molar-refractivity contribution is 0.199. The summed E-state index contributed by atoms with van der Waals surface area (Å²) in [4.78, 5) is 1.55. The first-order valence-electron chi connectivity index (χ1n) is 5.98. The molecule has 1 aromatic rings. The van der Waals surface area contributed by atoms with Gasteiger partial charge >= 0.3 is 0 Å². The highest BCUT2D eigenvalue weighted by Crippen LogP contribution is 2.23. The van der Waals surface area contributed by atoms with E-state index in [0.717, 1.165) is 0 Å². The predicted molar refractivity (Wildman–Crippen MR) is 68.9 cm³/mol. The summed E-state index contributed by atoms with van der Waals surface area (Å²) < 4.78 is 32.5. The number of halogens is 2. The summed E-state index contributed by atoms with van der Waals surface area (Å²) in [5.74, 6) is -1.05. The zero-order chi connectivity index (χ0) is 13.5. The first-order chi connectivity index (χ1) is 8.60. The quantitative estimate of drug-likeness (QED) is 0.758. The Kier molecular flexibility index (Phi) is 6.01. The van der Waals surface area contributed by atoms with Crippen molar-refractivity contribution in [2.45, 2.75) is 13.5 Å². The molecule has 0 bridgehead atoms. The average molecular weight is 258 g/mol. The minimum atomic E-state index is -0.525. The number of methoxy groups -OCH3 is 1. The third-order valence-corrected chi connectivity index (χ3v) is 2.74. The molecule has 0 fully saturated rings. The molecule has 0 aliphatic rings. The van der Waals surface area contributed by atoms with Crippen molar-refractivity contribution in [2.75, 3.05) is 38.8 Å². The molecular weight excluding hydrogens is 238 g/mol. The van der Waals surface area contributed by atoms with Crippen molar-refractivity contribution in [3.8, 4) is 0 Å². The van der Waals surface area contributed by atoms with Gasteiger partial charge in [-0.2, -0.15) is 0 Å². The Morgan fingerprint density at radius 3 is 2.39 bits per heavy atom. The summed E-state index contributed by atoms with van der Waals surface area (Å²) in [6.07, 6.45) is 0. The van der Waals surface area contributed by atoms with Crippen molar-refractivity contribution in [1.29, 1.82) is 0 Å². The van der Waals surface area contributed by atoms with Gasteiger partial charge in [0, 0.05) is 33.8 Å². The van der Waals surface area contributed by atoms with Crippen LogP contribution in [-0.2, 0) is 11.3 Å². The molecule has 0 saturated carbocycles. The van der Waals surface area contributed by atoms with Crippen LogP contribution in [0.1, 0.15) is 12.5 Å². The fourth-order valence-electron chi connectivity index (χ4n) is 1.65. The number of benzene rings is 1. The summed E-state index contributed by atoms with van der Waals surface area (Å²) in [6.45, 7) is 4.05. The second-order valence-corrected chi connectivity index (χ2v) is 4.09. The van der Waals surface area contributed by atoms with Crippen LogP contribution in [0.3, 0.4) is 0 Å². The Labute approximate surface area is 107 Å². The highest BCUT2D eigenvalue weighted by Gasteiger charge is 2.13. The molecule has 0 amide bonds. The number of nitrogens with one attached hydrogen (secondary N) is 1. The number of anilines is 1. The third-order valence-electron chi connectivity index (χ3n) is 2.74. The van der Waals surface area contributed by atoms with E-state index < -0.39 is 11.6 Å². The van der Waals surface area contributed by atoms with Crippen LogP contribution in [0.5, 0.6) is 0 Å². The van der Waals surface area contributed by atoms with Gasteiger partial charge in [0.15, 0.2) is 0 Å². The van der Waals surface area contributed by atoms with Crippen molar-refractivity contribution in [3.05, 3.63) is 29.3 Å². The first kappa shape index (κ1) is 14.9. The minimum absolute atomic E-state index is 0.0261. The van der Waals surface area contributed by atoms with E-state index in [0.29, 0.717) is 31.8 Å². The van der Waals surface area contributed by atoms with Crippen LogP contribution in [0, 0.1) is 11.6 Å². The van der Waals surface area contributed by atoms with Crippen LogP contribution in [0.4, 0.5) is 14.5 Å². The molecule has 1 N–H and O–H groups in total. The van der Waals surface area contributed by atoms with Gasteiger partial charge in [0.1, 0.15) is 17.3 Å². The fraction of sp³-hybridized carbons (Fsp3) is 0.538. The molecule has 18 heavy (non-hydrogen) atoms. The molecule has 1 aromatic carbocycles. The monoisotopic (exact) mass is 258 g/mol. The van der Waals surface area contributed by atoms with E-state index >= 15 is 0 Å². The third kappa shape index (κ3) is 3.92. The number of nitrogens with zero attached hydrogens (tertiary/aromatic N) is 1. The molecule has 0 saturated heterocycles. The van der Waals surface area contributed by atoms with Gasteiger partial charge < -0.3 is 15.0 Å². The van der Waals surface area contributed by atoms with Gasteiger partial charge in [0.05, 0.1) is 6.61 Å². The van der Waals surface area contributed by atoms with E-state index in [4.69, 9.17) is 4.74 Å². The highest BCUT2D eigenvalue weighted by molar-refractivity contribution is 5.49. The summed E-state index contributed by atoms with van der Waals surface area (Å²) in [6, 6.07) is 2.73. The zero-order valence-electron chi connectivity index (χ0n) is 11.1. The van der Waals surface area contributed by atoms with Crippen LogP contribution < -0.4 is 10.2 Å². The zero-order valence-corrected chi connectivity index (χ0v) is 11.1. The van der Waals surface area contributed by atoms with Gasteiger partial charge in [-0.1, -0.05) is 0 Å². The van der Waals surface area contributed by atoms with Crippen LogP contribution in [-0.4, -0.2) is 33.9 Å². The van der Waals surface area contributed by atoms with Crippen molar-refractivity contribution in [3.63, 3.8) is 0 Å². The SMILES string of the molecule is CCN(C)c1c(F)cc(CNCCOC)cc1F. The molecule has 1 rings (SSSR count). The average Bonchev–Trinajstić information content (AvgIpc) is 2.33. The summed E-state index contributed by atoms with van der Waals surface area (Å²) in [5.41, 5.74) is 0.618. The lowest BCUT2D eigenvalue weighted by atomic mass is 10.1. The van der Waals surface area contributed by atoms with Crippen LogP contribution in [0.25, 0.3) is 0 Å². The van der Waals surface area contributed by atoms with E-state index in [1.807, 2.05) is 6.92 Å². The van der Waals surface area contributed by atoms with Gasteiger partial charge in [-0.15, -0.1) is 0 Å². The minimum Gasteiger partial charge on any atom is -0.383 e. The Morgan fingerprint density at radius 1 is 1.28 bits per heavy atom. The number of ether oxygens (including phenoxy) is 1. The van der Waals surface area contributed by atoms with Crippen molar-refractivity contribution in [1.82, 2.24) is 5.32 Å². The molecule has 0 spiro atoms. The molecule has 3 nitrogen and oxygen atoms in total. The van der Waals surface area contributed by atoms with Crippen LogP contribution >= 0.6 is 0 Å². The highest BCUT2D eigenvalue weighted by atomic mass is 19.1. The number of hydrogen-bond acceptors (Lipinski definition) is 3. The van der Waals surface area contributed by atoms with E-state index in [1.165, 1.54) is 12.1 Å². The number of hydrogen-bond donors (Lipinski definition) is 1. The van der Waals surface area contributed by atoms with Crippen LogP contribution in [0.15, 0.2) is 12.1 Å². The van der Waals surface area contributed by atoms with E-state index in [9.17, 15) is 8.78 Å². The summed E-state index contributed by atoms with van der Waals surface area (Å²) in [7, 11) is 3.27. The van der Waals surface area contributed by atoms with Gasteiger partial charge in [-0.05, 0) is 24.6 Å². The maximum atomic E-state index is 13.8. The Morgan fingerprint density at radius 2 is 1.89 bits per heavy atom. The molecule has 0 aliphatic carbocycles. The van der Waals surface area contributed by atoms with Crippen molar-refractivity contribution in [2.24, 2.45) is 0 Å². The smallest absolute Gasteiger partial charge is 0.149 e. The first-order valence-corrected chi connectivity index (χ1v) is 5.98. The van der Waals surface area contributed by atoms with Gasteiger partial charge in [-0.25, -0.2) is 8.78 Å². The van der Waals surface area contributed by atoms with Gasteiger partial charge in [-0.3, -0.25) is 0 Å².